The summed E-state index contributed by atoms with van der Waals surface area (Å²) in [7, 11) is 0. The number of hydrogen-bond acceptors (Lipinski definition) is 1. The van der Waals surface area contributed by atoms with E-state index in [9.17, 15) is 8.78 Å². The number of nitrogens with zero attached hydrogens (tertiary/aromatic N) is 2. The van der Waals surface area contributed by atoms with E-state index in [1.165, 1.54) is 36.5 Å². The zero-order chi connectivity index (χ0) is 14.2. The fourth-order valence-corrected chi connectivity index (χ4v) is 4.29. The number of allylic oxidation sites excluding steroid dienone is 1. The third kappa shape index (κ3) is 1.42. The summed E-state index contributed by atoms with van der Waals surface area (Å²) in [5.41, 5.74) is 4.80. The molecule has 2 unspecified atom stereocenters. The molecule has 3 aliphatic rings. The van der Waals surface area contributed by atoms with Gasteiger partial charge in [0, 0.05) is 6.07 Å². The van der Waals surface area contributed by atoms with Crippen LogP contribution in [0.3, 0.4) is 0 Å². The Bertz CT molecular complexity index is 805. The molecule has 3 aliphatic carbocycles. The van der Waals surface area contributed by atoms with Gasteiger partial charge in [0.2, 0.25) is 0 Å². The lowest BCUT2D eigenvalue weighted by atomic mass is 9.84. The van der Waals surface area contributed by atoms with E-state index in [0.717, 1.165) is 24.1 Å². The molecule has 0 N–H and O–H groups in total. The summed E-state index contributed by atoms with van der Waals surface area (Å²) in [5.74, 6) is -0.794. The highest BCUT2D eigenvalue weighted by atomic mass is 19.2. The Morgan fingerprint density at radius 1 is 1.24 bits per heavy atom. The van der Waals surface area contributed by atoms with Crippen molar-refractivity contribution in [2.45, 2.75) is 25.7 Å². The number of benzene rings is 1. The first-order chi connectivity index (χ1) is 10.2. The summed E-state index contributed by atoms with van der Waals surface area (Å²) in [6.07, 6.45) is 8.96. The maximum Gasteiger partial charge on any atom is 0.160 e. The van der Waals surface area contributed by atoms with E-state index < -0.39 is 11.6 Å². The molecule has 0 bridgehead atoms. The summed E-state index contributed by atoms with van der Waals surface area (Å²) in [6, 6.07) is 3.94. The first kappa shape index (κ1) is 11.7. The summed E-state index contributed by atoms with van der Waals surface area (Å²) < 4.78 is 28.3. The largest absolute Gasteiger partial charge is 0.233 e. The standard InChI is InChI=1S/C17H14F2N2/c18-14-4-3-13(6-15(14)19)21-16-5-11-1-2-12-8-17(11,12)7-10(16)9-20-21/h3-6,9,12H,1-2,7-8H2. The lowest BCUT2D eigenvalue weighted by Gasteiger charge is -2.21. The minimum absolute atomic E-state index is 0.426. The molecule has 2 aromatic rings. The van der Waals surface area contributed by atoms with E-state index in [0.29, 0.717) is 11.1 Å². The Kier molecular flexibility index (Phi) is 2.01. The third-order valence-corrected chi connectivity index (χ3v) is 5.48. The van der Waals surface area contributed by atoms with Gasteiger partial charge >= 0.3 is 0 Å². The highest BCUT2D eigenvalue weighted by Crippen LogP contribution is 2.69. The molecule has 106 valence electrons. The second-order valence-electron chi connectivity index (χ2n) is 6.51. The third-order valence-electron chi connectivity index (χ3n) is 5.48. The molecule has 4 heteroatoms. The molecule has 21 heavy (non-hydrogen) atoms. The number of hydrogen-bond donors (Lipinski definition) is 0. The van der Waals surface area contributed by atoms with Crippen molar-refractivity contribution >= 4 is 6.08 Å². The first-order valence-electron chi connectivity index (χ1n) is 7.41. The fraction of sp³-hybridized carbons (Fsp3) is 0.353. The maximum atomic E-state index is 13.5. The van der Waals surface area contributed by atoms with Crippen LogP contribution in [0.4, 0.5) is 8.78 Å². The van der Waals surface area contributed by atoms with E-state index >= 15 is 0 Å². The minimum Gasteiger partial charge on any atom is -0.233 e. The van der Waals surface area contributed by atoms with Crippen LogP contribution >= 0.6 is 0 Å². The van der Waals surface area contributed by atoms with Crippen LogP contribution < -0.4 is 0 Å². The minimum atomic E-state index is -0.834. The molecule has 1 spiro atoms. The molecule has 1 aromatic heterocycles. The smallest absolute Gasteiger partial charge is 0.160 e. The predicted octanol–water partition coefficient (Wildman–Crippen LogP) is 3.89. The summed E-state index contributed by atoms with van der Waals surface area (Å²) in [5, 5.41) is 4.40. The molecule has 0 aliphatic heterocycles. The molecule has 2 nitrogen and oxygen atoms in total. The van der Waals surface area contributed by atoms with Crippen LogP contribution in [0.25, 0.3) is 11.8 Å². The van der Waals surface area contributed by atoms with Crippen LogP contribution in [0.5, 0.6) is 0 Å². The summed E-state index contributed by atoms with van der Waals surface area (Å²) >= 11 is 0. The lowest BCUT2D eigenvalue weighted by Crippen LogP contribution is -2.13. The van der Waals surface area contributed by atoms with Crippen LogP contribution in [0.2, 0.25) is 0 Å². The molecule has 2 atom stereocenters. The van der Waals surface area contributed by atoms with Gasteiger partial charge in [-0.15, -0.1) is 0 Å². The van der Waals surface area contributed by atoms with E-state index in [1.54, 1.807) is 10.7 Å². The summed E-state index contributed by atoms with van der Waals surface area (Å²) in [4.78, 5) is 0. The van der Waals surface area contributed by atoms with Crippen LogP contribution in [-0.2, 0) is 6.42 Å². The van der Waals surface area contributed by atoms with Gasteiger partial charge in [0.15, 0.2) is 11.6 Å². The highest BCUT2D eigenvalue weighted by Gasteiger charge is 2.60. The molecule has 5 rings (SSSR count). The van der Waals surface area contributed by atoms with Crippen molar-refractivity contribution in [1.29, 1.82) is 0 Å². The predicted molar refractivity (Wildman–Crippen MR) is 74.9 cm³/mol. The SMILES string of the molecule is Fc1ccc(-n2ncc3c2C=C2CCC4CC24C3)cc1F. The van der Waals surface area contributed by atoms with Gasteiger partial charge in [0.25, 0.3) is 0 Å². The van der Waals surface area contributed by atoms with Crippen molar-refractivity contribution in [3.05, 3.63) is 52.9 Å². The molecule has 0 saturated heterocycles. The molecular formula is C17H14F2N2. The topological polar surface area (TPSA) is 17.8 Å². The molecule has 2 fully saturated rings. The molecule has 0 radical (unpaired) electrons. The Morgan fingerprint density at radius 2 is 2.14 bits per heavy atom. The van der Waals surface area contributed by atoms with E-state index in [4.69, 9.17) is 0 Å². The number of fused-ring (bicyclic) bond motifs is 1. The van der Waals surface area contributed by atoms with Crippen LogP contribution in [0, 0.1) is 23.0 Å². The fourth-order valence-electron chi connectivity index (χ4n) is 4.29. The first-order valence-corrected chi connectivity index (χ1v) is 7.41. The second-order valence-corrected chi connectivity index (χ2v) is 6.51. The van der Waals surface area contributed by atoms with Crippen molar-refractivity contribution in [2.75, 3.05) is 0 Å². The van der Waals surface area contributed by atoms with Gasteiger partial charge in [-0.2, -0.15) is 5.10 Å². The number of aromatic nitrogens is 2. The quantitative estimate of drug-likeness (QED) is 0.777. The maximum absolute atomic E-state index is 13.5. The van der Waals surface area contributed by atoms with Crippen molar-refractivity contribution in [3.8, 4) is 5.69 Å². The second kappa shape index (κ2) is 3.62. The highest BCUT2D eigenvalue weighted by molar-refractivity contribution is 5.63. The van der Waals surface area contributed by atoms with Gasteiger partial charge in [-0.05, 0) is 60.8 Å². The van der Waals surface area contributed by atoms with Gasteiger partial charge in [-0.1, -0.05) is 5.57 Å². The van der Waals surface area contributed by atoms with Crippen molar-refractivity contribution in [2.24, 2.45) is 11.3 Å². The lowest BCUT2D eigenvalue weighted by molar-refractivity contribution is 0.507. The monoisotopic (exact) mass is 284 g/mol. The molecule has 0 amide bonds. The van der Waals surface area contributed by atoms with E-state index in [1.807, 2.05) is 6.20 Å². The van der Waals surface area contributed by atoms with Gasteiger partial charge in [-0.3, -0.25) is 0 Å². The van der Waals surface area contributed by atoms with Crippen LogP contribution in [0.15, 0.2) is 30.0 Å². The number of halogens is 2. The Labute approximate surface area is 121 Å². The molecule has 1 aromatic carbocycles. The van der Waals surface area contributed by atoms with Crippen molar-refractivity contribution in [1.82, 2.24) is 9.78 Å². The van der Waals surface area contributed by atoms with Gasteiger partial charge < -0.3 is 0 Å². The zero-order valence-electron chi connectivity index (χ0n) is 11.4. The van der Waals surface area contributed by atoms with Gasteiger partial charge in [0.1, 0.15) is 0 Å². The zero-order valence-corrected chi connectivity index (χ0v) is 11.4. The van der Waals surface area contributed by atoms with Crippen molar-refractivity contribution < 1.29 is 8.78 Å². The number of rotatable bonds is 1. The normalized spacial score (nSPS) is 28.7. The van der Waals surface area contributed by atoms with Crippen LogP contribution in [0.1, 0.15) is 30.5 Å². The van der Waals surface area contributed by atoms with Gasteiger partial charge in [0.05, 0.1) is 17.6 Å². The van der Waals surface area contributed by atoms with E-state index in [2.05, 4.69) is 11.2 Å². The molecular weight excluding hydrogens is 270 g/mol. The average Bonchev–Trinajstić information content (AvgIpc) is 2.85. The van der Waals surface area contributed by atoms with Crippen LogP contribution in [-0.4, -0.2) is 9.78 Å². The summed E-state index contributed by atoms with van der Waals surface area (Å²) in [6.45, 7) is 0. The average molecular weight is 284 g/mol. The molecule has 2 saturated carbocycles. The molecule has 1 heterocycles. The Balaban J connectivity index is 1.65. The van der Waals surface area contributed by atoms with Crippen molar-refractivity contribution in [3.63, 3.8) is 0 Å². The Morgan fingerprint density at radius 3 is 2.95 bits per heavy atom. The van der Waals surface area contributed by atoms with Gasteiger partial charge in [-0.25, -0.2) is 13.5 Å². The van der Waals surface area contributed by atoms with E-state index in [-0.39, 0.29) is 0 Å². The Hall–Kier alpha value is -1.97.